The molecule has 0 spiro atoms. The fourth-order valence-corrected chi connectivity index (χ4v) is 4.18. The molecule has 0 saturated carbocycles. The Bertz CT molecular complexity index is 1180. The van der Waals surface area contributed by atoms with Crippen LogP contribution in [-0.2, 0) is 6.54 Å². The summed E-state index contributed by atoms with van der Waals surface area (Å²) in [5.41, 5.74) is 5.03. The first-order chi connectivity index (χ1) is 14.7. The summed E-state index contributed by atoms with van der Waals surface area (Å²) in [6.07, 6.45) is 2.06. The third-order valence-corrected chi connectivity index (χ3v) is 5.69. The van der Waals surface area contributed by atoms with Crippen molar-refractivity contribution < 1.29 is 4.79 Å². The molecule has 0 saturated heterocycles. The summed E-state index contributed by atoms with van der Waals surface area (Å²) in [4.78, 5) is 15.4. The molecule has 1 atom stereocenters. The molecule has 0 radical (unpaired) electrons. The third kappa shape index (κ3) is 3.36. The quantitative estimate of drug-likeness (QED) is 0.413. The summed E-state index contributed by atoms with van der Waals surface area (Å²) >= 11 is 6.00. The van der Waals surface area contributed by atoms with Gasteiger partial charge in [0.25, 0.3) is 0 Å². The molecular weight excluding hydrogens is 394 g/mol. The van der Waals surface area contributed by atoms with Crippen molar-refractivity contribution in [2.75, 3.05) is 5.32 Å². The number of aromatic nitrogens is 1. The summed E-state index contributed by atoms with van der Waals surface area (Å²) < 4.78 is 2.18. The van der Waals surface area contributed by atoms with E-state index >= 15 is 0 Å². The van der Waals surface area contributed by atoms with Crippen molar-refractivity contribution in [2.45, 2.75) is 12.6 Å². The first kappa shape index (κ1) is 18.5. The van der Waals surface area contributed by atoms with E-state index in [1.807, 2.05) is 53.4 Å². The van der Waals surface area contributed by atoms with Crippen molar-refractivity contribution in [2.24, 2.45) is 0 Å². The first-order valence-corrected chi connectivity index (χ1v) is 10.2. The van der Waals surface area contributed by atoms with Gasteiger partial charge in [-0.1, -0.05) is 60.1 Å². The lowest BCUT2D eigenvalue weighted by molar-refractivity contribution is 0.194. The maximum atomic E-state index is 13.5. The standard InChI is InChI=1S/C25H20ClN3O/c26-20-12-14-21(15-13-20)27-25(30)29-17-19-9-4-5-10-22(19)28-16-6-11-23(28)24(29)18-7-2-1-3-8-18/h1-16,24H,17H2,(H,27,30)/t24-/m0/s1. The lowest BCUT2D eigenvalue weighted by Crippen LogP contribution is -2.37. The minimum absolute atomic E-state index is 0.157. The molecule has 4 aromatic rings. The Morgan fingerprint density at radius 3 is 2.40 bits per heavy atom. The molecule has 5 heteroatoms. The average Bonchev–Trinajstić information content (AvgIpc) is 3.20. The van der Waals surface area contributed by atoms with Crippen LogP contribution in [0.15, 0.2) is 97.2 Å². The van der Waals surface area contributed by atoms with Crippen molar-refractivity contribution in [3.8, 4) is 5.69 Å². The highest BCUT2D eigenvalue weighted by molar-refractivity contribution is 6.30. The lowest BCUT2D eigenvalue weighted by atomic mass is 10.0. The van der Waals surface area contributed by atoms with Crippen molar-refractivity contribution in [1.29, 1.82) is 0 Å². The Morgan fingerprint density at radius 1 is 0.867 bits per heavy atom. The molecule has 30 heavy (non-hydrogen) atoms. The van der Waals surface area contributed by atoms with Crippen LogP contribution in [0.1, 0.15) is 22.9 Å². The van der Waals surface area contributed by atoms with Gasteiger partial charge in [-0.3, -0.25) is 0 Å². The number of fused-ring (bicyclic) bond motifs is 3. The van der Waals surface area contributed by atoms with Crippen LogP contribution in [0.3, 0.4) is 0 Å². The van der Waals surface area contributed by atoms with Crippen molar-refractivity contribution in [3.05, 3.63) is 119 Å². The SMILES string of the molecule is O=C(Nc1ccc(Cl)cc1)N1Cc2ccccc2-n2cccc2[C@@H]1c1ccccc1. The number of amides is 2. The van der Waals surface area contributed by atoms with E-state index in [0.29, 0.717) is 17.3 Å². The van der Waals surface area contributed by atoms with Crippen LogP contribution in [0.4, 0.5) is 10.5 Å². The largest absolute Gasteiger partial charge is 0.322 e. The van der Waals surface area contributed by atoms with Gasteiger partial charge in [-0.15, -0.1) is 0 Å². The number of benzene rings is 3. The van der Waals surface area contributed by atoms with Crippen molar-refractivity contribution in [3.63, 3.8) is 0 Å². The van der Waals surface area contributed by atoms with Gasteiger partial charge >= 0.3 is 6.03 Å². The Kier molecular flexibility index (Phi) is 4.77. The van der Waals surface area contributed by atoms with Crippen LogP contribution in [0.25, 0.3) is 5.69 Å². The summed E-state index contributed by atoms with van der Waals surface area (Å²) in [5, 5.41) is 3.68. The van der Waals surface area contributed by atoms with Gasteiger partial charge in [-0.05, 0) is 53.6 Å². The van der Waals surface area contributed by atoms with E-state index in [1.54, 1.807) is 12.1 Å². The van der Waals surface area contributed by atoms with Gasteiger partial charge in [-0.2, -0.15) is 0 Å². The van der Waals surface area contributed by atoms with E-state index in [1.165, 1.54) is 0 Å². The second-order valence-corrected chi connectivity index (χ2v) is 7.75. The minimum Gasteiger partial charge on any atom is -0.318 e. The summed E-state index contributed by atoms with van der Waals surface area (Å²) in [7, 11) is 0. The van der Waals surface area contributed by atoms with E-state index in [0.717, 1.165) is 22.5 Å². The molecule has 0 unspecified atom stereocenters. The van der Waals surface area contributed by atoms with Crippen LogP contribution in [0, 0.1) is 0 Å². The van der Waals surface area contributed by atoms with Gasteiger partial charge in [0.05, 0.1) is 18.3 Å². The number of urea groups is 1. The van der Waals surface area contributed by atoms with E-state index in [4.69, 9.17) is 11.6 Å². The molecule has 4 nitrogen and oxygen atoms in total. The zero-order valence-corrected chi connectivity index (χ0v) is 17.0. The number of hydrogen-bond acceptors (Lipinski definition) is 1. The normalized spacial score (nSPS) is 15.1. The third-order valence-electron chi connectivity index (χ3n) is 5.44. The molecule has 1 aromatic heterocycles. The molecular formula is C25H20ClN3O. The highest BCUT2D eigenvalue weighted by Crippen LogP contribution is 2.36. The molecule has 5 rings (SSSR count). The van der Waals surface area contributed by atoms with Crippen LogP contribution in [-0.4, -0.2) is 15.5 Å². The van der Waals surface area contributed by atoms with E-state index in [9.17, 15) is 4.79 Å². The van der Waals surface area contributed by atoms with Gasteiger partial charge < -0.3 is 14.8 Å². The summed E-state index contributed by atoms with van der Waals surface area (Å²) in [6, 6.07) is 29.3. The van der Waals surface area contributed by atoms with Crippen LogP contribution < -0.4 is 5.32 Å². The van der Waals surface area contributed by atoms with Crippen molar-refractivity contribution in [1.82, 2.24) is 9.47 Å². The zero-order valence-electron chi connectivity index (χ0n) is 16.2. The highest BCUT2D eigenvalue weighted by Gasteiger charge is 2.32. The lowest BCUT2D eigenvalue weighted by Gasteiger charge is -2.31. The van der Waals surface area contributed by atoms with Crippen molar-refractivity contribution >= 4 is 23.3 Å². The Labute approximate surface area is 180 Å². The Balaban J connectivity index is 1.62. The number of halogens is 1. The number of nitrogens with zero attached hydrogens (tertiary/aromatic N) is 2. The number of nitrogens with one attached hydrogen (secondary N) is 1. The monoisotopic (exact) mass is 413 g/mol. The molecule has 3 aromatic carbocycles. The van der Waals surface area contributed by atoms with Crippen LogP contribution in [0.5, 0.6) is 0 Å². The van der Waals surface area contributed by atoms with Gasteiger partial charge in [0, 0.05) is 22.6 Å². The first-order valence-electron chi connectivity index (χ1n) is 9.84. The molecule has 1 aliphatic heterocycles. The number of carbonyl (C=O) groups is 1. The number of para-hydroxylation sites is 1. The van der Waals surface area contributed by atoms with Crippen LogP contribution >= 0.6 is 11.6 Å². The van der Waals surface area contributed by atoms with E-state index in [-0.39, 0.29) is 12.1 Å². The highest BCUT2D eigenvalue weighted by atomic mass is 35.5. The second-order valence-electron chi connectivity index (χ2n) is 7.31. The fraction of sp³-hybridized carbons (Fsp3) is 0.0800. The van der Waals surface area contributed by atoms with Gasteiger partial charge in [0.2, 0.25) is 0 Å². The molecule has 2 amide bonds. The number of carbonyl (C=O) groups excluding carboxylic acids is 1. The molecule has 1 N–H and O–H groups in total. The molecule has 0 fully saturated rings. The molecule has 148 valence electrons. The predicted molar refractivity (Wildman–Crippen MR) is 120 cm³/mol. The van der Waals surface area contributed by atoms with Gasteiger partial charge in [0.1, 0.15) is 0 Å². The maximum Gasteiger partial charge on any atom is 0.322 e. The summed E-state index contributed by atoms with van der Waals surface area (Å²) in [6.45, 7) is 0.497. The molecule has 2 heterocycles. The minimum atomic E-state index is -0.221. The summed E-state index contributed by atoms with van der Waals surface area (Å²) in [5.74, 6) is 0. The predicted octanol–water partition coefficient (Wildman–Crippen LogP) is 6.27. The van der Waals surface area contributed by atoms with E-state index < -0.39 is 0 Å². The fourth-order valence-electron chi connectivity index (χ4n) is 4.05. The smallest absolute Gasteiger partial charge is 0.318 e. The molecule has 0 bridgehead atoms. The molecule has 1 aliphatic rings. The van der Waals surface area contributed by atoms with Gasteiger partial charge in [0.15, 0.2) is 0 Å². The van der Waals surface area contributed by atoms with Crippen LogP contribution in [0.2, 0.25) is 5.02 Å². The zero-order chi connectivity index (χ0) is 20.5. The maximum absolute atomic E-state index is 13.5. The van der Waals surface area contributed by atoms with Gasteiger partial charge in [-0.25, -0.2) is 4.79 Å². The number of rotatable bonds is 2. The molecule has 0 aliphatic carbocycles. The Morgan fingerprint density at radius 2 is 1.60 bits per heavy atom. The Hall–Kier alpha value is -3.50. The second kappa shape index (κ2) is 7.73. The average molecular weight is 414 g/mol. The topological polar surface area (TPSA) is 37.3 Å². The van der Waals surface area contributed by atoms with E-state index in [2.05, 4.69) is 46.4 Å². The number of anilines is 1. The number of hydrogen-bond donors (Lipinski definition) is 1.